The van der Waals surface area contributed by atoms with Gasteiger partial charge in [0.1, 0.15) is 0 Å². The number of rotatable bonds is 6. The Labute approximate surface area is 141 Å². The van der Waals surface area contributed by atoms with E-state index in [1.807, 2.05) is 30.3 Å². The number of carbonyl (C=O) groups is 1. The Morgan fingerprint density at radius 1 is 1.23 bits per heavy atom. The summed E-state index contributed by atoms with van der Waals surface area (Å²) < 4.78 is 0.862. The molecule has 0 aromatic heterocycles. The van der Waals surface area contributed by atoms with Gasteiger partial charge in [-0.05, 0) is 42.7 Å². The van der Waals surface area contributed by atoms with Crippen LogP contribution in [0.5, 0.6) is 5.75 Å². The highest BCUT2D eigenvalue weighted by Gasteiger charge is 2.34. The van der Waals surface area contributed by atoms with Crippen molar-refractivity contribution in [3.8, 4) is 5.75 Å². The van der Waals surface area contributed by atoms with E-state index in [4.69, 9.17) is 5.26 Å². The summed E-state index contributed by atoms with van der Waals surface area (Å²) in [7, 11) is 0. The third-order valence-electron chi connectivity index (χ3n) is 3.64. The maximum atomic E-state index is 12.5. The Morgan fingerprint density at radius 2 is 1.95 bits per heavy atom. The van der Waals surface area contributed by atoms with E-state index in [-0.39, 0.29) is 17.5 Å². The number of Topliss-reactive ketones (excluding diaryl/α,β-unsaturated/α-hetero) is 1. The second kappa shape index (κ2) is 6.86. The number of thioether (sulfide) groups is 1. The molecule has 1 fully saturated rings. The van der Waals surface area contributed by atoms with E-state index in [0.717, 1.165) is 27.8 Å². The maximum absolute atomic E-state index is 12.5. The zero-order valence-electron chi connectivity index (χ0n) is 11.8. The molecule has 114 valence electrons. The van der Waals surface area contributed by atoms with E-state index in [2.05, 4.69) is 20.8 Å². The van der Waals surface area contributed by atoms with Crippen molar-refractivity contribution in [2.45, 2.75) is 23.5 Å². The van der Waals surface area contributed by atoms with Gasteiger partial charge in [-0.15, -0.1) is 11.8 Å². The molecule has 0 spiro atoms. The van der Waals surface area contributed by atoms with Crippen LogP contribution in [0.2, 0.25) is 0 Å². The number of halogens is 1. The Kier molecular flexibility index (Phi) is 4.86. The normalized spacial score (nSPS) is 13.9. The van der Waals surface area contributed by atoms with Gasteiger partial charge in [0.25, 0.3) is 0 Å². The molecule has 0 atom stereocenters. The molecule has 1 N–H and O–H groups in total. The molecule has 3 rings (SSSR count). The quantitative estimate of drug-likeness (QED) is 0.325. The number of hydrogen-bond acceptors (Lipinski definition) is 4. The smallest absolute Gasteiger partial charge is 0.176 e. The van der Waals surface area contributed by atoms with Crippen LogP contribution in [0, 0.1) is 5.92 Å². The largest absolute Gasteiger partial charge is 0.339 e. The number of hydrogen-bond donors (Lipinski definition) is 1. The highest BCUT2D eigenvalue weighted by molar-refractivity contribution is 9.10. The Bertz CT molecular complexity index is 684. The van der Waals surface area contributed by atoms with Crippen molar-refractivity contribution in [3.05, 3.63) is 58.1 Å². The van der Waals surface area contributed by atoms with Gasteiger partial charge in [0, 0.05) is 21.0 Å². The van der Waals surface area contributed by atoms with E-state index < -0.39 is 0 Å². The molecule has 3 nitrogen and oxygen atoms in total. The van der Waals surface area contributed by atoms with Gasteiger partial charge in [-0.3, -0.25) is 4.79 Å². The number of ketones is 1. The van der Waals surface area contributed by atoms with Crippen molar-refractivity contribution < 1.29 is 14.9 Å². The Balaban J connectivity index is 1.92. The molecule has 22 heavy (non-hydrogen) atoms. The lowest BCUT2D eigenvalue weighted by molar-refractivity contribution is -0.138. The van der Waals surface area contributed by atoms with Gasteiger partial charge in [-0.2, -0.15) is 0 Å². The zero-order chi connectivity index (χ0) is 15.5. The van der Waals surface area contributed by atoms with Gasteiger partial charge < -0.3 is 4.89 Å². The van der Waals surface area contributed by atoms with Crippen LogP contribution in [0.3, 0.4) is 0 Å². The van der Waals surface area contributed by atoms with Crippen LogP contribution in [0.15, 0.2) is 51.8 Å². The molecule has 0 unspecified atom stereocenters. The van der Waals surface area contributed by atoms with Crippen molar-refractivity contribution in [2.75, 3.05) is 0 Å². The van der Waals surface area contributed by atoms with Crippen molar-refractivity contribution in [1.82, 2.24) is 0 Å². The molecule has 0 saturated heterocycles. The van der Waals surface area contributed by atoms with Crippen molar-refractivity contribution >= 4 is 33.5 Å². The Morgan fingerprint density at radius 3 is 2.59 bits per heavy atom. The van der Waals surface area contributed by atoms with Crippen LogP contribution in [-0.2, 0) is 5.75 Å². The summed E-state index contributed by atoms with van der Waals surface area (Å²) in [5.41, 5.74) is 1.38. The van der Waals surface area contributed by atoms with Crippen LogP contribution >= 0.6 is 27.7 Å². The minimum absolute atomic E-state index is 0.0639. The minimum atomic E-state index is 0.0639. The average Bonchev–Trinajstić information content (AvgIpc) is 3.38. The maximum Gasteiger partial charge on any atom is 0.176 e. The SMILES string of the molecule is O=C(c1c(OO)ccc(Br)c1CSc1ccccc1)C1CC1. The first-order chi connectivity index (χ1) is 10.7. The number of carbonyl (C=O) groups excluding carboxylic acids is 1. The van der Waals surface area contributed by atoms with Gasteiger partial charge in [0.05, 0.1) is 5.56 Å². The van der Waals surface area contributed by atoms with E-state index in [1.54, 1.807) is 23.9 Å². The lowest BCUT2D eigenvalue weighted by Crippen LogP contribution is -2.09. The molecule has 0 bridgehead atoms. The van der Waals surface area contributed by atoms with Crippen LogP contribution in [0.1, 0.15) is 28.8 Å². The molecular weight excluding hydrogens is 364 g/mol. The van der Waals surface area contributed by atoms with Gasteiger partial charge in [0.2, 0.25) is 0 Å². The van der Waals surface area contributed by atoms with Gasteiger partial charge in [0.15, 0.2) is 11.5 Å². The summed E-state index contributed by atoms with van der Waals surface area (Å²) in [5, 5.41) is 9.10. The lowest BCUT2D eigenvalue weighted by atomic mass is 10.0. The molecule has 0 heterocycles. The minimum Gasteiger partial charge on any atom is -0.339 e. The van der Waals surface area contributed by atoms with E-state index >= 15 is 0 Å². The van der Waals surface area contributed by atoms with E-state index in [1.165, 1.54) is 0 Å². The third kappa shape index (κ3) is 3.37. The summed E-state index contributed by atoms with van der Waals surface area (Å²) in [4.78, 5) is 18.1. The van der Waals surface area contributed by atoms with Crippen molar-refractivity contribution in [2.24, 2.45) is 5.92 Å². The molecule has 2 aromatic rings. The summed E-state index contributed by atoms with van der Waals surface area (Å²) in [6.45, 7) is 0. The van der Waals surface area contributed by atoms with Crippen molar-refractivity contribution in [1.29, 1.82) is 0 Å². The Hall–Kier alpha value is -1.30. The standard InChI is InChI=1S/C17H15BrO3S/c18-14-8-9-15(21-20)16(17(19)11-6-7-11)13(14)10-22-12-4-2-1-3-5-12/h1-5,8-9,11,20H,6-7,10H2. The summed E-state index contributed by atoms with van der Waals surface area (Å²) in [6.07, 6.45) is 1.84. The predicted molar refractivity (Wildman–Crippen MR) is 90.5 cm³/mol. The molecule has 0 aliphatic heterocycles. The zero-order valence-corrected chi connectivity index (χ0v) is 14.2. The van der Waals surface area contributed by atoms with Crippen LogP contribution in [0.25, 0.3) is 0 Å². The highest BCUT2D eigenvalue weighted by atomic mass is 79.9. The first-order valence-electron chi connectivity index (χ1n) is 7.05. The predicted octanol–water partition coefficient (Wildman–Crippen LogP) is 5.19. The average molecular weight is 379 g/mol. The molecule has 0 amide bonds. The number of benzene rings is 2. The van der Waals surface area contributed by atoms with E-state index in [9.17, 15) is 4.79 Å². The summed E-state index contributed by atoms with van der Waals surface area (Å²) in [6, 6.07) is 13.4. The second-order valence-electron chi connectivity index (χ2n) is 5.23. The van der Waals surface area contributed by atoms with Gasteiger partial charge in [-0.1, -0.05) is 34.1 Å². The van der Waals surface area contributed by atoms with Crippen molar-refractivity contribution in [3.63, 3.8) is 0 Å². The topological polar surface area (TPSA) is 46.5 Å². The van der Waals surface area contributed by atoms with Crippen LogP contribution < -0.4 is 4.89 Å². The fourth-order valence-corrected chi connectivity index (χ4v) is 3.93. The van der Waals surface area contributed by atoms with Gasteiger partial charge in [-0.25, -0.2) is 5.26 Å². The fourth-order valence-electron chi connectivity index (χ4n) is 2.31. The van der Waals surface area contributed by atoms with Crippen LogP contribution in [0.4, 0.5) is 0 Å². The highest BCUT2D eigenvalue weighted by Crippen LogP contribution is 2.40. The monoisotopic (exact) mass is 378 g/mol. The summed E-state index contributed by atoms with van der Waals surface area (Å²) >= 11 is 5.17. The fraction of sp³-hybridized carbons (Fsp3) is 0.235. The summed E-state index contributed by atoms with van der Waals surface area (Å²) in [5.74, 6) is 1.01. The molecule has 5 heteroatoms. The molecule has 1 aliphatic carbocycles. The van der Waals surface area contributed by atoms with Gasteiger partial charge >= 0.3 is 0 Å². The third-order valence-corrected chi connectivity index (χ3v) is 5.42. The second-order valence-corrected chi connectivity index (χ2v) is 7.13. The first-order valence-corrected chi connectivity index (χ1v) is 8.83. The lowest BCUT2D eigenvalue weighted by Gasteiger charge is -2.13. The van der Waals surface area contributed by atoms with E-state index in [0.29, 0.717) is 11.3 Å². The van der Waals surface area contributed by atoms with Crippen LogP contribution in [-0.4, -0.2) is 11.0 Å². The molecule has 1 saturated carbocycles. The molecule has 2 aromatic carbocycles. The molecule has 1 aliphatic rings. The molecule has 0 radical (unpaired) electrons. The molecular formula is C17H15BrO3S. The first kappa shape index (κ1) is 15.6.